The molecule has 0 spiro atoms. The van der Waals surface area contributed by atoms with E-state index in [2.05, 4.69) is 45.9 Å². The topological polar surface area (TPSA) is 40.5 Å². The average Bonchev–Trinajstić information content (AvgIpc) is 2.42. The van der Waals surface area contributed by atoms with E-state index in [1.165, 1.54) is 16.7 Å². The number of hydrogen-bond donors (Lipinski definition) is 2. The molecule has 0 aromatic heterocycles. The molecule has 0 bridgehead atoms. The summed E-state index contributed by atoms with van der Waals surface area (Å²) in [5, 5.41) is 17.9. The van der Waals surface area contributed by atoms with Gasteiger partial charge < -0.3 is 10.2 Å². The Labute approximate surface area is 135 Å². The van der Waals surface area contributed by atoms with Crippen molar-refractivity contribution in [1.29, 1.82) is 0 Å². The Bertz CT molecular complexity index is 352. The van der Waals surface area contributed by atoms with Crippen LogP contribution in [-0.2, 0) is 0 Å². The predicted octanol–water partition coefficient (Wildman–Crippen LogP) is 4.49. The maximum atomic E-state index is 9.23. The first kappa shape index (κ1) is 20.5. The van der Waals surface area contributed by atoms with Crippen molar-refractivity contribution in [2.45, 2.75) is 59.5 Å². The van der Waals surface area contributed by atoms with Gasteiger partial charge in [0.2, 0.25) is 0 Å². The van der Waals surface area contributed by atoms with Crippen LogP contribution in [-0.4, -0.2) is 34.4 Å². The lowest BCUT2D eigenvalue weighted by Crippen LogP contribution is -2.14. The maximum absolute atomic E-state index is 9.23. The lowest BCUT2D eigenvalue weighted by Gasteiger charge is -2.05. The normalized spacial score (nSPS) is 14.2. The second kappa shape index (κ2) is 13.2. The third-order valence-corrected chi connectivity index (χ3v) is 4.22. The molecule has 3 heteroatoms. The quantitative estimate of drug-likeness (QED) is 0.436. The molecule has 122 valence electrons. The number of rotatable bonds is 11. The number of hydrogen-bond acceptors (Lipinski definition) is 3. The number of allylic oxidation sites excluding steroid dienone is 5. The van der Waals surface area contributed by atoms with Crippen LogP contribution in [0.15, 0.2) is 34.9 Å². The molecule has 0 heterocycles. The Kier molecular flexibility index (Phi) is 12.9. The molecule has 0 aromatic carbocycles. The van der Waals surface area contributed by atoms with Crippen LogP contribution >= 0.6 is 11.8 Å². The van der Waals surface area contributed by atoms with Gasteiger partial charge in [-0.2, -0.15) is 11.8 Å². The molecule has 2 nitrogen and oxygen atoms in total. The molecule has 0 aliphatic rings. The maximum Gasteiger partial charge on any atom is 0.0861 e. The van der Waals surface area contributed by atoms with Crippen molar-refractivity contribution < 1.29 is 10.2 Å². The molecular weight excluding hydrogens is 280 g/mol. The van der Waals surface area contributed by atoms with Crippen molar-refractivity contribution in [3.05, 3.63) is 34.9 Å². The van der Waals surface area contributed by atoms with E-state index in [9.17, 15) is 5.11 Å². The molecule has 1 unspecified atom stereocenters. The van der Waals surface area contributed by atoms with Crippen LogP contribution in [0.5, 0.6) is 0 Å². The highest BCUT2D eigenvalue weighted by Gasteiger charge is 2.00. The van der Waals surface area contributed by atoms with Crippen LogP contribution in [0.3, 0.4) is 0 Å². The second-order valence-electron chi connectivity index (χ2n) is 5.83. The van der Waals surface area contributed by atoms with Crippen LogP contribution in [0.4, 0.5) is 0 Å². The van der Waals surface area contributed by atoms with Crippen molar-refractivity contribution in [2.24, 2.45) is 0 Å². The molecule has 0 amide bonds. The van der Waals surface area contributed by atoms with Gasteiger partial charge in [-0.1, -0.05) is 34.9 Å². The van der Waals surface area contributed by atoms with Gasteiger partial charge in [0, 0.05) is 11.5 Å². The lowest BCUT2D eigenvalue weighted by molar-refractivity contribution is 0.113. The molecule has 0 saturated carbocycles. The molecule has 21 heavy (non-hydrogen) atoms. The van der Waals surface area contributed by atoms with Crippen LogP contribution in [0.1, 0.15) is 53.4 Å². The fourth-order valence-electron chi connectivity index (χ4n) is 1.80. The zero-order valence-corrected chi connectivity index (χ0v) is 14.9. The third kappa shape index (κ3) is 14.2. The Hall–Kier alpha value is -0.510. The summed E-state index contributed by atoms with van der Waals surface area (Å²) in [6.45, 7) is 8.52. The minimum Gasteiger partial charge on any atom is -0.394 e. The Balaban J connectivity index is 3.80. The molecule has 0 aliphatic carbocycles. The minimum atomic E-state index is -0.588. The van der Waals surface area contributed by atoms with Crippen molar-refractivity contribution in [3.8, 4) is 0 Å². The van der Waals surface area contributed by atoms with E-state index in [0.29, 0.717) is 5.75 Å². The van der Waals surface area contributed by atoms with Gasteiger partial charge in [0.15, 0.2) is 0 Å². The van der Waals surface area contributed by atoms with Gasteiger partial charge in [-0.3, -0.25) is 0 Å². The molecule has 2 N–H and O–H groups in total. The van der Waals surface area contributed by atoms with Gasteiger partial charge in [0.1, 0.15) is 0 Å². The van der Waals surface area contributed by atoms with Crippen molar-refractivity contribution in [2.75, 3.05) is 18.1 Å². The molecule has 0 aromatic rings. The summed E-state index contributed by atoms with van der Waals surface area (Å²) in [6, 6.07) is 0. The lowest BCUT2D eigenvalue weighted by atomic mass is 10.1. The van der Waals surface area contributed by atoms with Crippen molar-refractivity contribution in [1.82, 2.24) is 0 Å². The molecule has 0 fully saturated rings. The minimum absolute atomic E-state index is 0.146. The Morgan fingerprint density at radius 1 is 0.952 bits per heavy atom. The SMILES string of the molecule is CC(C)=CCCC(C)=CCCC(C)=CCSCC(O)CO. The van der Waals surface area contributed by atoms with Crippen LogP contribution < -0.4 is 0 Å². The molecule has 1 atom stereocenters. The predicted molar refractivity (Wildman–Crippen MR) is 95.8 cm³/mol. The first-order chi connectivity index (χ1) is 9.95. The number of aliphatic hydroxyl groups is 2. The summed E-state index contributed by atoms with van der Waals surface area (Å²) in [4.78, 5) is 0. The largest absolute Gasteiger partial charge is 0.394 e. The van der Waals surface area contributed by atoms with Crippen molar-refractivity contribution in [3.63, 3.8) is 0 Å². The first-order valence-corrected chi connectivity index (χ1v) is 8.92. The highest BCUT2D eigenvalue weighted by atomic mass is 32.2. The van der Waals surface area contributed by atoms with E-state index < -0.39 is 6.10 Å². The van der Waals surface area contributed by atoms with E-state index in [1.54, 1.807) is 11.8 Å². The zero-order valence-electron chi connectivity index (χ0n) is 14.1. The van der Waals surface area contributed by atoms with Gasteiger partial charge >= 0.3 is 0 Å². The van der Waals surface area contributed by atoms with Crippen LogP contribution in [0.2, 0.25) is 0 Å². The number of thioether (sulfide) groups is 1. The number of aliphatic hydroxyl groups excluding tert-OH is 2. The molecule has 0 saturated heterocycles. The first-order valence-electron chi connectivity index (χ1n) is 7.77. The fourth-order valence-corrected chi connectivity index (χ4v) is 2.71. The summed E-state index contributed by atoms with van der Waals surface area (Å²) < 4.78 is 0. The van der Waals surface area contributed by atoms with Crippen molar-refractivity contribution >= 4 is 11.8 Å². The van der Waals surface area contributed by atoms with E-state index in [1.807, 2.05) is 0 Å². The standard InChI is InChI=1S/C18H32O2S/c1-15(2)7-5-8-16(3)9-6-10-17(4)11-12-21-14-18(20)13-19/h7,9,11,18-20H,5-6,8,10,12-14H2,1-4H3. The van der Waals surface area contributed by atoms with Gasteiger partial charge in [0.05, 0.1) is 12.7 Å². The van der Waals surface area contributed by atoms with E-state index >= 15 is 0 Å². The molecule has 0 aliphatic heterocycles. The van der Waals surface area contributed by atoms with E-state index in [-0.39, 0.29) is 6.61 Å². The zero-order chi connectivity index (χ0) is 16.1. The smallest absolute Gasteiger partial charge is 0.0861 e. The Morgan fingerprint density at radius 2 is 1.52 bits per heavy atom. The summed E-state index contributed by atoms with van der Waals surface area (Å²) in [5.41, 5.74) is 4.26. The van der Waals surface area contributed by atoms with Gasteiger partial charge in [0.25, 0.3) is 0 Å². The second-order valence-corrected chi connectivity index (χ2v) is 6.91. The summed E-state index contributed by atoms with van der Waals surface area (Å²) >= 11 is 1.66. The molecular formula is C18H32O2S. The molecule has 0 rings (SSSR count). The van der Waals surface area contributed by atoms with Gasteiger partial charge in [-0.25, -0.2) is 0 Å². The highest BCUT2D eigenvalue weighted by molar-refractivity contribution is 7.99. The fraction of sp³-hybridized carbons (Fsp3) is 0.667. The van der Waals surface area contributed by atoms with Gasteiger partial charge in [-0.05, 0) is 53.4 Å². The Morgan fingerprint density at radius 3 is 2.10 bits per heavy atom. The average molecular weight is 313 g/mol. The summed E-state index contributed by atoms with van der Waals surface area (Å²) in [5.74, 6) is 1.51. The van der Waals surface area contributed by atoms with Crippen LogP contribution in [0.25, 0.3) is 0 Å². The van der Waals surface area contributed by atoms with Crippen LogP contribution in [0, 0.1) is 0 Å². The monoisotopic (exact) mass is 312 g/mol. The summed E-state index contributed by atoms with van der Waals surface area (Å²) in [6.07, 6.45) is 10.8. The van der Waals surface area contributed by atoms with E-state index in [0.717, 1.165) is 31.4 Å². The molecule has 0 radical (unpaired) electrons. The van der Waals surface area contributed by atoms with E-state index in [4.69, 9.17) is 5.11 Å². The summed E-state index contributed by atoms with van der Waals surface area (Å²) in [7, 11) is 0. The third-order valence-electron chi connectivity index (χ3n) is 3.19. The van der Waals surface area contributed by atoms with Gasteiger partial charge in [-0.15, -0.1) is 0 Å². The highest BCUT2D eigenvalue weighted by Crippen LogP contribution is 2.12.